The Morgan fingerprint density at radius 2 is 1.26 bits per heavy atom. The molecular formula is C31H33N3O5. The molecule has 2 amide bonds. The van der Waals surface area contributed by atoms with Crippen molar-refractivity contribution in [1.82, 2.24) is 14.9 Å². The molecule has 1 aromatic heterocycles. The minimum absolute atomic E-state index is 0.0418. The van der Waals surface area contributed by atoms with Crippen LogP contribution < -0.4 is 0 Å². The highest BCUT2D eigenvalue weighted by molar-refractivity contribution is 5.89. The summed E-state index contributed by atoms with van der Waals surface area (Å²) in [7, 11) is 0. The number of para-hydroxylation sites is 1. The number of fused-ring (bicyclic) bond motifs is 1. The number of amides is 2. The van der Waals surface area contributed by atoms with Crippen LogP contribution in [-0.2, 0) is 16.0 Å². The maximum atomic E-state index is 12.9. The molecule has 4 aromatic rings. The molecule has 202 valence electrons. The molecule has 1 N–H and O–H groups in total. The number of phenols is 1. The molecule has 0 aliphatic heterocycles. The summed E-state index contributed by atoms with van der Waals surface area (Å²) in [5.41, 5.74) is 3.02. The third kappa shape index (κ3) is 6.90. The molecule has 8 heteroatoms. The third-order valence-corrected chi connectivity index (χ3v) is 5.52. The smallest absolute Gasteiger partial charge is 0.420 e. The zero-order valence-electron chi connectivity index (χ0n) is 23.1. The molecule has 0 spiro atoms. The maximum Gasteiger partial charge on any atom is 0.420 e. The highest BCUT2D eigenvalue weighted by atomic mass is 16.6. The van der Waals surface area contributed by atoms with Gasteiger partial charge in [-0.05, 0) is 59.2 Å². The van der Waals surface area contributed by atoms with Crippen LogP contribution in [0.25, 0.3) is 33.5 Å². The third-order valence-electron chi connectivity index (χ3n) is 5.52. The van der Waals surface area contributed by atoms with E-state index in [1.54, 1.807) is 53.7 Å². The molecule has 4 rings (SSSR count). The summed E-state index contributed by atoms with van der Waals surface area (Å²) in [6.45, 7) is 10.4. The number of hydrogen-bond acceptors (Lipinski definition) is 7. The van der Waals surface area contributed by atoms with E-state index in [-0.39, 0.29) is 12.3 Å². The van der Waals surface area contributed by atoms with Crippen molar-refractivity contribution in [3.63, 3.8) is 0 Å². The standard InChI is InChI=1S/C31H33N3O5/c1-30(2,3)38-28(36)34(29(37)39-31(4,5)6)19-20-15-17-22(18-16-20)26-25(21-11-8-7-9-12-21)32-23-13-10-14-24(35)27(23)33-26/h7-18,35H,19H2,1-6H3. The molecule has 0 saturated carbocycles. The number of ether oxygens (including phenoxy) is 2. The van der Waals surface area contributed by atoms with E-state index < -0.39 is 23.4 Å². The van der Waals surface area contributed by atoms with Crippen molar-refractivity contribution in [2.45, 2.75) is 59.3 Å². The second kappa shape index (κ2) is 10.7. The predicted molar refractivity (Wildman–Crippen MR) is 150 cm³/mol. The van der Waals surface area contributed by atoms with Gasteiger partial charge in [-0.2, -0.15) is 0 Å². The van der Waals surface area contributed by atoms with E-state index in [4.69, 9.17) is 19.4 Å². The van der Waals surface area contributed by atoms with Crippen LogP contribution in [0.5, 0.6) is 5.75 Å². The van der Waals surface area contributed by atoms with Crippen LogP contribution in [0, 0.1) is 0 Å². The maximum absolute atomic E-state index is 12.9. The lowest BCUT2D eigenvalue weighted by Gasteiger charge is -2.28. The number of imide groups is 1. The molecule has 0 fully saturated rings. The highest BCUT2D eigenvalue weighted by Gasteiger charge is 2.31. The molecular weight excluding hydrogens is 494 g/mol. The molecule has 0 unspecified atom stereocenters. The Hall–Kier alpha value is -4.46. The summed E-state index contributed by atoms with van der Waals surface area (Å²) in [6, 6.07) is 22.1. The van der Waals surface area contributed by atoms with Crippen LogP contribution in [0.4, 0.5) is 9.59 Å². The molecule has 0 saturated heterocycles. The molecule has 8 nitrogen and oxygen atoms in total. The Balaban J connectivity index is 1.70. The Kier molecular flexibility index (Phi) is 7.58. The number of phenolic OH excluding ortho intramolecular Hbond substituents is 1. The Bertz CT molecular complexity index is 1460. The summed E-state index contributed by atoms with van der Waals surface area (Å²) in [5, 5.41) is 10.4. The molecule has 3 aromatic carbocycles. The number of carbonyl (C=O) groups excluding carboxylic acids is 2. The van der Waals surface area contributed by atoms with E-state index in [2.05, 4.69) is 0 Å². The second-order valence-corrected chi connectivity index (χ2v) is 11.2. The Morgan fingerprint density at radius 3 is 1.82 bits per heavy atom. The fourth-order valence-corrected chi connectivity index (χ4v) is 3.85. The summed E-state index contributed by atoms with van der Waals surface area (Å²) in [6.07, 6.45) is -1.58. The van der Waals surface area contributed by atoms with Crippen LogP contribution in [0.1, 0.15) is 47.1 Å². The number of aromatic nitrogens is 2. The SMILES string of the molecule is CC(C)(C)OC(=O)N(Cc1ccc(-c2nc3c(O)cccc3nc2-c2ccccc2)cc1)C(=O)OC(C)(C)C. The van der Waals surface area contributed by atoms with Gasteiger partial charge in [-0.25, -0.2) is 24.5 Å². The van der Waals surface area contributed by atoms with Crippen molar-refractivity contribution in [2.24, 2.45) is 0 Å². The number of aromatic hydroxyl groups is 1. The second-order valence-electron chi connectivity index (χ2n) is 11.2. The van der Waals surface area contributed by atoms with Crippen LogP contribution in [0.3, 0.4) is 0 Å². The van der Waals surface area contributed by atoms with Crippen molar-refractivity contribution in [2.75, 3.05) is 0 Å². The van der Waals surface area contributed by atoms with Gasteiger partial charge in [0.05, 0.1) is 23.4 Å². The largest absolute Gasteiger partial charge is 0.506 e. The number of nitrogens with zero attached hydrogens (tertiary/aromatic N) is 3. The van der Waals surface area contributed by atoms with Crippen LogP contribution in [0.15, 0.2) is 72.8 Å². The monoisotopic (exact) mass is 527 g/mol. The van der Waals surface area contributed by atoms with Crippen LogP contribution >= 0.6 is 0 Å². The predicted octanol–water partition coefficient (Wildman–Crippen LogP) is 7.34. The average Bonchev–Trinajstić information content (AvgIpc) is 2.85. The number of benzene rings is 3. The van der Waals surface area contributed by atoms with Gasteiger partial charge in [0.1, 0.15) is 22.5 Å². The van der Waals surface area contributed by atoms with Crippen LogP contribution in [0.2, 0.25) is 0 Å². The van der Waals surface area contributed by atoms with Gasteiger partial charge in [0.15, 0.2) is 0 Å². The fraction of sp³-hybridized carbons (Fsp3) is 0.290. The highest BCUT2D eigenvalue weighted by Crippen LogP contribution is 2.33. The van der Waals surface area contributed by atoms with E-state index in [1.165, 1.54) is 0 Å². The van der Waals surface area contributed by atoms with Gasteiger partial charge >= 0.3 is 12.2 Å². The van der Waals surface area contributed by atoms with Gasteiger partial charge in [0.25, 0.3) is 0 Å². The van der Waals surface area contributed by atoms with E-state index >= 15 is 0 Å². The van der Waals surface area contributed by atoms with Crippen molar-refractivity contribution >= 4 is 23.2 Å². The lowest BCUT2D eigenvalue weighted by Crippen LogP contribution is -2.43. The minimum Gasteiger partial charge on any atom is -0.506 e. The van der Waals surface area contributed by atoms with Gasteiger partial charge < -0.3 is 14.6 Å². The van der Waals surface area contributed by atoms with E-state index in [9.17, 15) is 14.7 Å². The molecule has 0 aliphatic rings. The molecule has 0 atom stereocenters. The molecule has 0 radical (unpaired) electrons. The summed E-state index contributed by atoms with van der Waals surface area (Å²) >= 11 is 0. The summed E-state index contributed by atoms with van der Waals surface area (Å²) in [5.74, 6) is 0.0443. The van der Waals surface area contributed by atoms with E-state index in [0.717, 1.165) is 16.0 Å². The average molecular weight is 528 g/mol. The van der Waals surface area contributed by atoms with E-state index in [1.807, 2.05) is 60.7 Å². The minimum atomic E-state index is -0.789. The molecule has 0 bridgehead atoms. The van der Waals surface area contributed by atoms with Gasteiger partial charge in [0.2, 0.25) is 0 Å². The molecule has 0 aliphatic carbocycles. The first-order valence-corrected chi connectivity index (χ1v) is 12.7. The first kappa shape index (κ1) is 27.6. The normalized spacial score (nSPS) is 11.7. The first-order valence-electron chi connectivity index (χ1n) is 12.7. The number of carbonyl (C=O) groups is 2. The Labute approximate surface area is 228 Å². The number of rotatable bonds is 4. The van der Waals surface area contributed by atoms with E-state index in [0.29, 0.717) is 28.0 Å². The zero-order chi connectivity index (χ0) is 28.4. The fourth-order valence-electron chi connectivity index (χ4n) is 3.85. The summed E-state index contributed by atoms with van der Waals surface area (Å²) in [4.78, 5) is 36.3. The quantitative estimate of drug-likeness (QED) is 0.296. The van der Waals surface area contributed by atoms with Gasteiger partial charge in [-0.3, -0.25) is 0 Å². The van der Waals surface area contributed by atoms with Gasteiger partial charge in [-0.15, -0.1) is 0 Å². The van der Waals surface area contributed by atoms with Crippen molar-refractivity contribution < 1.29 is 24.2 Å². The lowest BCUT2D eigenvalue weighted by atomic mass is 10.0. The lowest BCUT2D eigenvalue weighted by molar-refractivity contribution is -0.000250. The van der Waals surface area contributed by atoms with Gasteiger partial charge in [-0.1, -0.05) is 60.7 Å². The summed E-state index contributed by atoms with van der Waals surface area (Å²) < 4.78 is 10.9. The molecule has 1 heterocycles. The zero-order valence-corrected chi connectivity index (χ0v) is 23.1. The van der Waals surface area contributed by atoms with Crippen LogP contribution in [-0.4, -0.2) is 43.4 Å². The topological polar surface area (TPSA) is 102 Å². The number of hydrogen-bond donors (Lipinski definition) is 1. The first-order chi connectivity index (χ1) is 18.3. The molecule has 39 heavy (non-hydrogen) atoms. The Morgan fingerprint density at radius 1 is 0.718 bits per heavy atom. The van der Waals surface area contributed by atoms with Crippen molar-refractivity contribution in [3.05, 3.63) is 78.4 Å². The van der Waals surface area contributed by atoms with Gasteiger partial charge in [0, 0.05) is 11.1 Å². The van der Waals surface area contributed by atoms with Crippen molar-refractivity contribution in [1.29, 1.82) is 0 Å². The van der Waals surface area contributed by atoms with Crippen molar-refractivity contribution in [3.8, 4) is 28.3 Å².